The van der Waals surface area contributed by atoms with E-state index in [4.69, 9.17) is 11.6 Å². The molecule has 1 aliphatic rings. The molecule has 0 spiro atoms. The Morgan fingerprint density at radius 3 is 2.69 bits per heavy atom. The maximum absolute atomic E-state index is 14.7. The number of amidine groups is 1. The summed E-state index contributed by atoms with van der Waals surface area (Å²) in [5.74, 6) is -0.256. The van der Waals surface area contributed by atoms with Gasteiger partial charge in [-0.3, -0.25) is 24.5 Å². The lowest BCUT2D eigenvalue weighted by molar-refractivity contribution is -0.128. The first-order valence-electron chi connectivity index (χ1n) is 11.4. The van der Waals surface area contributed by atoms with Gasteiger partial charge in [-0.1, -0.05) is 32.0 Å². The molecule has 1 unspecified atom stereocenters. The van der Waals surface area contributed by atoms with Crippen molar-refractivity contribution < 1.29 is 14.0 Å². The number of amides is 2. The molecule has 1 saturated heterocycles. The van der Waals surface area contributed by atoms with E-state index in [2.05, 4.69) is 21.5 Å². The Morgan fingerprint density at radius 1 is 1.40 bits per heavy atom. The standard InChI is InChI=1S/C25H30ClFN6O2/c1-7-20(35)31-10-11-32(17(5)13-31)24(28-6)18-12-19(27)23(26)30-25(18)33(14-34)22-16(4)8-9-29-21(22)15(2)3/h7-9,12,14-15,17H,1,10-11,13H2,2-6H3. The second-order valence-electron chi connectivity index (χ2n) is 8.70. The molecule has 2 amide bonds. The number of piperazine rings is 1. The van der Waals surface area contributed by atoms with Crippen molar-refractivity contribution in [3.63, 3.8) is 0 Å². The van der Waals surface area contributed by atoms with Crippen LogP contribution in [0.25, 0.3) is 0 Å². The van der Waals surface area contributed by atoms with Gasteiger partial charge in [0.05, 0.1) is 16.9 Å². The summed E-state index contributed by atoms with van der Waals surface area (Å²) in [4.78, 5) is 42.8. The van der Waals surface area contributed by atoms with Crippen LogP contribution >= 0.6 is 11.6 Å². The molecular weight excluding hydrogens is 471 g/mol. The van der Waals surface area contributed by atoms with Gasteiger partial charge >= 0.3 is 0 Å². The maximum Gasteiger partial charge on any atom is 0.246 e. The van der Waals surface area contributed by atoms with Crippen molar-refractivity contribution in [1.82, 2.24) is 19.8 Å². The van der Waals surface area contributed by atoms with E-state index in [1.165, 1.54) is 17.0 Å². The van der Waals surface area contributed by atoms with Crippen LogP contribution in [0, 0.1) is 12.7 Å². The first-order valence-corrected chi connectivity index (χ1v) is 11.7. The van der Waals surface area contributed by atoms with Crippen LogP contribution in [0.15, 0.2) is 36.0 Å². The summed E-state index contributed by atoms with van der Waals surface area (Å²) in [6, 6.07) is 2.92. The summed E-state index contributed by atoms with van der Waals surface area (Å²) in [5.41, 5.74) is 2.39. The summed E-state index contributed by atoms with van der Waals surface area (Å²) in [5, 5.41) is -0.354. The minimum atomic E-state index is -0.725. The number of aliphatic imine (C=N–C) groups is 1. The molecule has 8 nitrogen and oxygen atoms in total. The van der Waals surface area contributed by atoms with Crippen molar-refractivity contribution in [1.29, 1.82) is 0 Å². The number of nitrogens with zero attached hydrogens (tertiary/aromatic N) is 6. The largest absolute Gasteiger partial charge is 0.350 e. The van der Waals surface area contributed by atoms with Gasteiger partial charge in [0.1, 0.15) is 5.84 Å². The van der Waals surface area contributed by atoms with Gasteiger partial charge < -0.3 is 9.80 Å². The third-order valence-corrected chi connectivity index (χ3v) is 6.29. The fourth-order valence-corrected chi connectivity index (χ4v) is 4.46. The predicted octanol–water partition coefficient (Wildman–Crippen LogP) is 4.09. The number of carbonyl (C=O) groups is 2. The molecule has 0 bridgehead atoms. The first kappa shape index (κ1) is 26.3. The van der Waals surface area contributed by atoms with E-state index in [0.29, 0.717) is 48.8 Å². The molecule has 1 fully saturated rings. The summed E-state index contributed by atoms with van der Waals surface area (Å²) in [6.45, 7) is 12.7. The zero-order valence-electron chi connectivity index (χ0n) is 20.6. The quantitative estimate of drug-likeness (QED) is 0.196. The average Bonchev–Trinajstić information content (AvgIpc) is 2.83. The molecule has 0 N–H and O–H groups in total. The van der Waals surface area contributed by atoms with Gasteiger partial charge in [0.25, 0.3) is 0 Å². The van der Waals surface area contributed by atoms with Gasteiger partial charge in [-0.25, -0.2) is 9.37 Å². The van der Waals surface area contributed by atoms with Gasteiger partial charge in [-0.05, 0) is 43.5 Å². The van der Waals surface area contributed by atoms with Crippen LogP contribution in [0.5, 0.6) is 0 Å². The van der Waals surface area contributed by atoms with Gasteiger partial charge in [-0.15, -0.1) is 0 Å². The van der Waals surface area contributed by atoms with Crippen molar-refractivity contribution in [2.45, 2.75) is 39.7 Å². The molecule has 0 aromatic carbocycles. The van der Waals surface area contributed by atoms with E-state index in [0.717, 1.165) is 5.56 Å². The van der Waals surface area contributed by atoms with E-state index in [-0.39, 0.29) is 28.8 Å². The van der Waals surface area contributed by atoms with Crippen LogP contribution in [-0.2, 0) is 9.59 Å². The summed E-state index contributed by atoms with van der Waals surface area (Å²) in [7, 11) is 1.60. The highest BCUT2D eigenvalue weighted by molar-refractivity contribution is 6.30. The number of hydrogen-bond donors (Lipinski definition) is 0. The van der Waals surface area contributed by atoms with Crippen LogP contribution in [-0.4, -0.2) is 70.6 Å². The Balaban J connectivity index is 2.15. The van der Waals surface area contributed by atoms with Crippen LogP contribution in [0.2, 0.25) is 5.15 Å². The third-order valence-electron chi connectivity index (χ3n) is 6.03. The molecule has 0 aliphatic carbocycles. The lowest BCUT2D eigenvalue weighted by Crippen LogP contribution is -2.55. The number of aryl methyl sites for hydroxylation is 1. The molecular formula is C25H30ClFN6O2. The molecule has 35 heavy (non-hydrogen) atoms. The van der Waals surface area contributed by atoms with E-state index >= 15 is 0 Å². The Hall–Kier alpha value is -3.33. The fraction of sp³-hybridized carbons (Fsp3) is 0.400. The number of halogens is 2. The SMILES string of the molecule is C=CC(=O)N1CCN(C(=NC)c2cc(F)c(Cl)nc2N(C=O)c2c(C)ccnc2C(C)C)C(C)C1. The number of hydrogen-bond acceptors (Lipinski definition) is 5. The minimum Gasteiger partial charge on any atom is -0.350 e. The monoisotopic (exact) mass is 500 g/mol. The van der Waals surface area contributed by atoms with Gasteiger partial charge in [-0.2, -0.15) is 0 Å². The topological polar surface area (TPSA) is 82.0 Å². The van der Waals surface area contributed by atoms with E-state index in [1.807, 2.05) is 32.6 Å². The van der Waals surface area contributed by atoms with E-state index in [9.17, 15) is 14.0 Å². The molecule has 10 heteroatoms. The van der Waals surface area contributed by atoms with Crippen LogP contribution in [0.3, 0.4) is 0 Å². The van der Waals surface area contributed by atoms with Crippen LogP contribution in [0.4, 0.5) is 15.9 Å². The Labute approximate surface area is 210 Å². The van der Waals surface area contributed by atoms with Gasteiger partial charge in [0.15, 0.2) is 16.8 Å². The van der Waals surface area contributed by atoms with E-state index < -0.39 is 5.82 Å². The molecule has 2 aromatic heterocycles. The zero-order valence-corrected chi connectivity index (χ0v) is 21.4. The second kappa shape index (κ2) is 10.9. The number of rotatable bonds is 6. The molecule has 0 saturated carbocycles. The molecule has 1 aliphatic heterocycles. The highest BCUT2D eigenvalue weighted by Gasteiger charge is 2.32. The molecule has 0 radical (unpaired) electrons. The van der Waals surface area contributed by atoms with Crippen LogP contribution < -0.4 is 4.90 Å². The summed E-state index contributed by atoms with van der Waals surface area (Å²) >= 11 is 6.10. The average molecular weight is 501 g/mol. The molecule has 3 heterocycles. The molecule has 1 atom stereocenters. The van der Waals surface area contributed by atoms with E-state index in [1.54, 1.807) is 24.2 Å². The maximum atomic E-state index is 14.7. The molecule has 186 valence electrons. The Morgan fingerprint density at radius 2 is 2.11 bits per heavy atom. The van der Waals surface area contributed by atoms with Crippen molar-refractivity contribution >= 4 is 41.3 Å². The number of aromatic nitrogens is 2. The van der Waals surface area contributed by atoms with Crippen molar-refractivity contribution in [2.24, 2.45) is 4.99 Å². The predicted molar refractivity (Wildman–Crippen MR) is 136 cm³/mol. The van der Waals surface area contributed by atoms with Gasteiger partial charge in [0.2, 0.25) is 12.3 Å². The van der Waals surface area contributed by atoms with Crippen LogP contribution in [0.1, 0.15) is 43.5 Å². The van der Waals surface area contributed by atoms with Crippen molar-refractivity contribution in [2.75, 3.05) is 31.6 Å². The normalized spacial score (nSPS) is 16.5. The van der Waals surface area contributed by atoms with Crippen molar-refractivity contribution in [3.05, 3.63) is 58.8 Å². The number of carbonyl (C=O) groups excluding carboxylic acids is 2. The zero-order chi connectivity index (χ0) is 25.9. The second-order valence-corrected chi connectivity index (χ2v) is 9.06. The lowest BCUT2D eigenvalue weighted by atomic mass is 10.0. The summed E-state index contributed by atoms with van der Waals surface area (Å²) in [6.07, 6.45) is 3.61. The lowest BCUT2D eigenvalue weighted by Gasteiger charge is -2.41. The first-order chi connectivity index (χ1) is 16.6. The highest BCUT2D eigenvalue weighted by atomic mass is 35.5. The van der Waals surface area contributed by atoms with Gasteiger partial charge in [0, 0.05) is 38.9 Å². The minimum absolute atomic E-state index is 0.0153. The Bertz CT molecular complexity index is 1170. The number of pyridine rings is 2. The summed E-state index contributed by atoms with van der Waals surface area (Å²) < 4.78 is 14.7. The fourth-order valence-electron chi connectivity index (χ4n) is 4.33. The third kappa shape index (κ3) is 5.19. The van der Waals surface area contributed by atoms with Crippen molar-refractivity contribution in [3.8, 4) is 0 Å². The smallest absolute Gasteiger partial charge is 0.246 e. The molecule has 3 rings (SSSR count). The molecule has 2 aromatic rings. The Kier molecular flexibility index (Phi) is 8.22. The number of anilines is 2. The highest BCUT2D eigenvalue weighted by Crippen LogP contribution is 2.36.